The lowest BCUT2D eigenvalue weighted by Gasteiger charge is -2.24. The van der Waals surface area contributed by atoms with Crippen molar-refractivity contribution in [2.45, 2.75) is 115 Å². The van der Waals surface area contributed by atoms with Crippen molar-refractivity contribution in [1.29, 1.82) is 0 Å². The lowest BCUT2D eigenvalue weighted by Crippen LogP contribution is -2.23. The Morgan fingerprint density at radius 1 is 0.759 bits per heavy atom. The molecule has 4 aliphatic rings. The van der Waals surface area contributed by atoms with Gasteiger partial charge in [0.25, 0.3) is 0 Å². The van der Waals surface area contributed by atoms with Gasteiger partial charge in [-0.2, -0.15) is 0 Å². The molecular weight excluding hydrogens is 360 g/mol. The summed E-state index contributed by atoms with van der Waals surface area (Å²) in [6.07, 6.45) is 21.4. The molecule has 0 saturated heterocycles. The molecule has 4 saturated carbocycles. The Morgan fingerprint density at radius 3 is 1.62 bits per heavy atom. The van der Waals surface area contributed by atoms with Gasteiger partial charge in [-0.05, 0) is 86.9 Å². The fourth-order valence-corrected chi connectivity index (χ4v) is 7.66. The molecule has 0 aliphatic heterocycles. The van der Waals surface area contributed by atoms with Crippen LogP contribution in [0.1, 0.15) is 109 Å². The standard InChI is InChI=1S/C26H44O3/c27-12-6-5-11-26(28)29-25(17-19-13-21-7-1-2-8-22(21)14-19)18-20-15-23-9-3-4-10-24(23)16-20/h19-25,27H,1-18H2. The maximum atomic E-state index is 12.5. The van der Waals surface area contributed by atoms with Gasteiger partial charge < -0.3 is 9.84 Å². The summed E-state index contributed by atoms with van der Waals surface area (Å²) < 4.78 is 6.11. The zero-order chi connectivity index (χ0) is 20.1. The summed E-state index contributed by atoms with van der Waals surface area (Å²) in [6.45, 7) is 0.173. The van der Waals surface area contributed by atoms with E-state index in [1.165, 1.54) is 77.0 Å². The third-order valence-corrected chi connectivity index (χ3v) is 8.96. The predicted octanol–water partition coefficient (Wildman–Crippen LogP) is 6.27. The molecule has 3 heteroatoms. The first-order valence-corrected chi connectivity index (χ1v) is 13.0. The minimum atomic E-state index is -0.0192. The minimum Gasteiger partial charge on any atom is -0.462 e. The van der Waals surface area contributed by atoms with Crippen molar-refractivity contribution in [1.82, 2.24) is 0 Å². The van der Waals surface area contributed by atoms with Gasteiger partial charge in [0.15, 0.2) is 0 Å². The minimum absolute atomic E-state index is 0.0192. The molecule has 4 rings (SSSR count). The Bertz CT molecular complexity index is 456. The van der Waals surface area contributed by atoms with Gasteiger partial charge in [0, 0.05) is 13.0 Å². The summed E-state index contributed by atoms with van der Waals surface area (Å²) in [5.74, 6) is 5.39. The van der Waals surface area contributed by atoms with Gasteiger partial charge in [-0.25, -0.2) is 0 Å². The highest BCUT2D eigenvalue weighted by Gasteiger charge is 2.40. The van der Waals surface area contributed by atoms with Crippen molar-refractivity contribution in [3.63, 3.8) is 0 Å². The Balaban J connectivity index is 1.31. The molecule has 0 spiro atoms. The maximum Gasteiger partial charge on any atom is 0.306 e. The quantitative estimate of drug-likeness (QED) is 0.364. The second-order valence-electron chi connectivity index (χ2n) is 11.0. The topological polar surface area (TPSA) is 46.5 Å². The lowest BCUT2D eigenvalue weighted by atomic mass is 9.82. The molecule has 0 aromatic rings. The molecule has 1 N–H and O–H groups in total. The number of carbonyl (C=O) groups excluding carboxylic acids is 1. The zero-order valence-electron chi connectivity index (χ0n) is 18.5. The van der Waals surface area contributed by atoms with E-state index in [0.717, 1.165) is 54.8 Å². The van der Waals surface area contributed by atoms with Crippen molar-refractivity contribution >= 4 is 5.97 Å². The van der Waals surface area contributed by atoms with Crippen LogP contribution < -0.4 is 0 Å². The van der Waals surface area contributed by atoms with Crippen LogP contribution in [-0.2, 0) is 9.53 Å². The van der Waals surface area contributed by atoms with E-state index >= 15 is 0 Å². The highest BCUT2D eigenvalue weighted by molar-refractivity contribution is 5.69. The summed E-state index contributed by atoms with van der Waals surface area (Å²) in [5.41, 5.74) is 0. The third kappa shape index (κ3) is 5.99. The Kier molecular flexibility index (Phi) is 7.95. The molecular formula is C26H44O3. The van der Waals surface area contributed by atoms with E-state index in [1.807, 2.05) is 0 Å². The number of aliphatic hydroxyl groups excluding tert-OH is 1. The van der Waals surface area contributed by atoms with Crippen LogP contribution in [0.15, 0.2) is 0 Å². The summed E-state index contributed by atoms with van der Waals surface area (Å²) >= 11 is 0. The van der Waals surface area contributed by atoms with Crippen LogP contribution >= 0.6 is 0 Å². The predicted molar refractivity (Wildman–Crippen MR) is 116 cm³/mol. The fraction of sp³-hybridized carbons (Fsp3) is 0.962. The molecule has 4 fully saturated rings. The first kappa shape index (κ1) is 21.7. The van der Waals surface area contributed by atoms with Crippen molar-refractivity contribution in [2.75, 3.05) is 6.61 Å². The molecule has 0 aromatic heterocycles. The van der Waals surface area contributed by atoms with Crippen LogP contribution in [0.2, 0.25) is 0 Å². The highest BCUT2D eigenvalue weighted by Crippen LogP contribution is 2.49. The molecule has 4 atom stereocenters. The molecule has 0 bridgehead atoms. The molecule has 0 radical (unpaired) electrons. The normalized spacial score (nSPS) is 37.7. The number of hydrogen-bond donors (Lipinski definition) is 1. The van der Waals surface area contributed by atoms with Crippen LogP contribution in [0.3, 0.4) is 0 Å². The van der Waals surface area contributed by atoms with Gasteiger partial charge >= 0.3 is 5.97 Å². The molecule has 29 heavy (non-hydrogen) atoms. The van der Waals surface area contributed by atoms with Crippen LogP contribution in [-0.4, -0.2) is 23.8 Å². The van der Waals surface area contributed by atoms with Crippen LogP contribution in [0.5, 0.6) is 0 Å². The summed E-state index contributed by atoms with van der Waals surface area (Å²) in [4.78, 5) is 12.5. The Morgan fingerprint density at radius 2 is 1.21 bits per heavy atom. The van der Waals surface area contributed by atoms with Crippen molar-refractivity contribution < 1.29 is 14.6 Å². The van der Waals surface area contributed by atoms with E-state index in [1.54, 1.807) is 0 Å². The number of carbonyl (C=O) groups is 1. The molecule has 4 unspecified atom stereocenters. The van der Waals surface area contributed by atoms with Crippen LogP contribution in [0.4, 0.5) is 0 Å². The first-order chi connectivity index (χ1) is 14.2. The number of hydrogen-bond acceptors (Lipinski definition) is 3. The summed E-state index contributed by atoms with van der Waals surface area (Å²) in [6, 6.07) is 0. The van der Waals surface area contributed by atoms with E-state index < -0.39 is 0 Å². The van der Waals surface area contributed by atoms with Gasteiger partial charge in [-0.3, -0.25) is 4.79 Å². The smallest absolute Gasteiger partial charge is 0.306 e. The van der Waals surface area contributed by atoms with Gasteiger partial charge in [0.05, 0.1) is 0 Å². The Hall–Kier alpha value is -0.570. The third-order valence-electron chi connectivity index (χ3n) is 8.96. The van der Waals surface area contributed by atoms with Crippen molar-refractivity contribution in [2.24, 2.45) is 35.5 Å². The number of aliphatic hydroxyl groups is 1. The van der Waals surface area contributed by atoms with Gasteiger partial charge in [0.2, 0.25) is 0 Å². The van der Waals surface area contributed by atoms with E-state index in [4.69, 9.17) is 9.84 Å². The summed E-state index contributed by atoms with van der Waals surface area (Å²) in [7, 11) is 0. The Labute approximate surface area is 178 Å². The average Bonchev–Trinajstić information content (AvgIpc) is 3.30. The van der Waals surface area contributed by atoms with Crippen LogP contribution in [0, 0.1) is 35.5 Å². The molecule has 0 amide bonds. The largest absolute Gasteiger partial charge is 0.462 e. The number of fused-ring (bicyclic) bond motifs is 2. The number of esters is 1. The monoisotopic (exact) mass is 404 g/mol. The molecule has 3 nitrogen and oxygen atoms in total. The zero-order valence-corrected chi connectivity index (χ0v) is 18.5. The van der Waals surface area contributed by atoms with E-state index in [2.05, 4.69) is 0 Å². The van der Waals surface area contributed by atoms with Crippen molar-refractivity contribution in [3.05, 3.63) is 0 Å². The molecule has 166 valence electrons. The lowest BCUT2D eigenvalue weighted by molar-refractivity contribution is -0.151. The van der Waals surface area contributed by atoms with Crippen LogP contribution in [0.25, 0.3) is 0 Å². The average molecular weight is 405 g/mol. The van der Waals surface area contributed by atoms with Gasteiger partial charge in [0.1, 0.15) is 6.10 Å². The second kappa shape index (κ2) is 10.6. The van der Waals surface area contributed by atoms with E-state index in [0.29, 0.717) is 12.8 Å². The number of rotatable bonds is 9. The number of ether oxygens (including phenoxy) is 1. The van der Waals surface area contributed by atoms with Gasteiger partial charge in [-0.1, -0.05) is 51.4 Å². The first-order valence-electron chi connectivity index (χ1n) is 13.0. The molecule has 4 aliphatic carbocycles. The SMILES string of the molecule is O=C(CCCCO)OC(CC1CC2CCCCC2C1)CC1CC2CCCCC2C1. The molecule has 0 aromatic carbocycles. The van der Waals surface area contributed by atoms with Gasteiger partial charge in [-0.15, -0.1) is 0 Å². The highest BCUT2D eigenvalue weighted by atomic mass is 16.5. The fourth-order valence-electron chi connectivity index (χ4n) is 7.66. The van der Waals surface area contributed by atoms with E-state index in [9.17, 15) is 4.79 Å². The second-order valence-corrected chi connectivity index (χ2v) is 11.0. The van der Waals surface area contributed by atoms with E-state index in [-0.39, 0.29) is 18.7 Å². The van der Waals surface area contributed by atoms with Crippen molar-refractivity contribution in [3.8, 4) is 0 Å². The molecule has 0 heterocycles. The number of unbranched alkanes of at least 4 members (excludes halogenated alkanes) is 1. The summed E-state index contributed by atoms with van der Waals surface area (Å²) in [5, 5.41) is 8.99. The maximum absolute atomic E-state index is 12.5.